The van der Waals surface area contributed by atoms with Crippen molar-refractivity contribution in [1.29, 1.82) is 0 Å². The Balaban J connectivity index is 2.01. The number of ketones is 1. The molecule has 0 fully saturated rings. The van der Waals surface area contributed by atoms with Gasteiger partial charge >= 0.3 is 0 Å². The largest absolute Gasteiger partial charge is 0.322 e. The summed E-state index contributed by atoms with van der Waals surface area (Å²) in [6.07, 6.45) is -0.257. The molecule has 2 aromatic rings. The number of fused-ring (bicyclic) bond motifs is 1. The Morgan fingerprint density at radius 2 is 1.60 bits per heavy atom. The van der Waals surface area contributed by atoms with E-state index in [4.69, 9.17) is 0 Å². The summed E-state index contributed by atoms with van der Waals surface area (Å²) >= 11 is 0. The molecule has 3 nitrogen and oxygen atoms in total. The van der Waals surface area contributed by atoms with Crippen molar-refractivity contribution in [3.8, 4) is 0 Å². The first-order chi connectivity index (χ1) is 9.61. The zero-order chi connectivity index (χ0) is 14.2. The number of nitrogens with one attached hydrogen (secondary N) is 1. The van der Waals surface area contributed by atoms with E-state index in [1.807, 2.05) is 0 Å². The van der Waals surface area contributed by atoms with E-state index >= 15 is 0 Å². The second-order valence-electron chi connectivity index (χ2n) is 4.79. The Morgan fingerprint density at radius 3 is 2.35 bits per heavy atom. The van der Waals surface area contributed by atoms with Crippen molar-refractivity contribution in [2.24, 2.45) is 0 Å². The van der Waals surface area contributed by atoms with E-state index in [1.54, 1.807) is 48.5 Å². The van der Waals surface area contributed by atoms with E-state index in [-0.39, 0.29) is 12.0 Å². The van der Waals surface area contributed by atoms with Crippen molar-refractivity contribution in [3.05, 3.63) is 65.7 Å². The molecule has 4 heteroatoms. The number of anilines is 1. The Labute approximate surface area is 115 Å². The van der Waals surface area contributed by atoms with Gasteiger partial charge in [-0.05, 0) is 17.7 Å². The third-order valence-electron chi connectivity index (χ3n) is 3.43. The molecule has 1 heterocycles. The van der Waals surface area contributed by atoms with Crippen LogP contribution in [0.1, 0.15) is 15.9 Å². The van der Waals surface area contributed by atoms with Crippen LogP contribution in [-0.4, -0.2) is 17.4 Å². The summed E-state index contributed by atoms with van der Waals surface area (Å²) in [4.78, 5) is 24.3. The Morgan fingerprint density at radius 1 is 0.950 bits per heavy atom. The van der Waals surface area contributed by atoms with Crippen LogP contribution in [0.25, 0.3) is 0 Å². The summed E-state index contributed by atoms with van der Waals surface area (Å²) in [5, 5.41) is 2.47. The third kappa shape index (κ3) is 1.90. The maximum Gasteiger partial charge on any atom is 0.270 e. The average Bonchev–Trinajstić information content (AvgIpc) is 2.47. The van der Waals surface area contributed by atoms with Crippen LogP contribution < -0.4 is 5.32 Å². The van der Waals surface area contributed by atoms with Gasteiger partial charge in [0.15, 0.2) is 0 Å². The summed E-state index contributed by atoms with van der Waals surface area (Å²) in [5.41, 5.74) is -1.36. The smallest absolute Gasteiger partial charge is 0.270 e. The topological polar surface area (TPSA) is 46.2 Å². The molecule has 0 aromatic heterocycles. The van der Waals surface area contributed by atoms with Crippen LogP contribution >= 0.6 is 0 Å². The lowest BCUT2D eigenvalue weighted by molar-refractivity contribution is -0.124. The summed E-state index contributed by atoms with van der Waals surface area (Å²) in [6.45, 7) is 0. The number of Topliss-reactive ketones (excluding diaryl/α,β-unsaturated/α-hetero) is 1. The third-order valence-corrected chi connectivity index (χ3v) is 3.43. The SMILES string of the molecule is O=C1Nc2ccccc2C(=O)C1(F)Cc1ccccc1. The first kappa shape index (κ1) is 12.5. The van der Waals surface area contributed by atoms with Gasteiger partial charge < -0.3 is 5.32 Å². The molecule has 3 rings (SSSR count). The van der Waals surface area contributed by atoms with Crippen LogP contribution in [0.2, 0.25) is 0 Å². The zero-order valence-corrected chi connectivity index (χ0v) is 10.6. The minimum absolute atomic E-state index is 0.213. The monoisotopic (exact) mass is 269 g/mol. The molecule has 0 bridgehead atoms. The van der Waals surface area contributed by atoms with E-state index < -0.39 is 17.4 Å². The predicted molar refractivity (Wildman–Crippen MR) is 73.4 cm³/mol. The van der Waals surface area contributed by atoms with Crippen molar-refractivity contribution >= 4 is 17.4 Å². The van der Waals surface area contributed by atoms with Gasteiger partial charge in [0.05, 0.1) is 5.69 Å². The van der Waals surface area contributed by atoms with Crippen molar-refractivity contribution in [2.45, 2.75) is 12.1 Å². The minimum atomic E-state index is -2.55. The molecule has 1 N–H and O–H groups in total. The van der Waals surface area contributed by atoms with Crippen LogP contribution in [0.3, 0.4) is 0 Å². The van der Waals surface area contributed by atoms with Crippen molar-refractivity contribution in [1.82, 2.24) is 0 Å². The van der Waals surface area contributed by atoms with Gasteiger partial charge in [0, 0.05) is 12.0 Å². The molecule has 1 atom stereocenters. The van der Waals surface area contributed by atoms with Crippen LogP contribution in [0.5, 0.6) is 0 Å². The molecule has 1 amide bonds. The maximum absolute atomic E-state index is 15.0. The number of amides is 1. The van der Waals surface area contributed by atoms with Crippen molar-refractivity contribution < 1.29 is 14.0 Å². The van der Waals surface area contributed by atoms with Gasteiger partial charge in [0.1, 0.15) is 0 Å². The highest BCUT2D eigenvalue weighted by Crippen LogP contribution is 2.32. The van der Waals surface area contributed by atoms with Gasteiger partial charge in [0.2, 0.25) is 5.78 Å². The van der Waals surface area contributed by atoms with Crippen molar-refractivity contribution in [2.75, 3.05) is 5.32 Å². The molecule has 0 radical (unpaired) electrons. The molecule has 2 aromatic carbocycles. The number of hydrogen-bond acceptors (Lipinski definition) is 2. The summed E-state index contributed by atoms with van der Waals surface area (Å²) in [7, 11) is 0. The number of hydrogen-bond donors (Lipinski definition) is 1. The van der Waals surface area contributed by atoms with Crippen LogP contribution in [-0.2, 0) is 11.2 Å². The molecule has 20 heavy (non-hydrogen) atoms. The number of carbonyl (C=O) groups excluding carboxylic acids is 2. The highest BCUT2D eigenvalue weighted by molar-refractivity contribution is 6.26. The van der Waals surface area contributed by atoms with Crippen molar-refractivity contribution in [3.63, 3.8) is 0 Å². The minimum Gasteiger partial charge on any atom is -0.322 e. The molecule has 0 aliphatic carbocycles. The molecule has 1 unspecified atom stereocenters. The second-order valence-corrected chi connectivity index (χ2v) is 4.79. The van der Waals surface area contributed by atoms with Gasteiger partial charge in [-0.25, -0.2) is 4.39 Å². The first-order valence-electron chi connectivity index (χ1n) is 6.29. The molecule has 1 aliphatic rings. The van der Waals surface area contributed by atoms with Crippen LogP contribution in [0.15, 0.2) is 54.6 Å². The molecular weight excluding hydrogens is 257 g/mol. The van der Waals surface area contributed by atoms with E-state index in [1.165, 1.54) is 6.07 Å². The molecule has 0 spiro atoms. The van der Waals surface area contributed by atoms with Crippen LogP contribution in [0, 0.1) is 0 Å². The van der Waals surface area contributed by atoms with E-state index in [0.29, 0.717) is 11.3 Å². The fourth-order valence-electron chi connectivity index (χ4n) is 2.37. The van der Waals surface area contributed by atoms with Gasteiger partial charge in [0.25, 0.3) is 11.6 Å². The summed E-state index contributed by atoms with van der Waals surface area (Å²) in [6, 6.07) is 15.1. The lowest BCUT2D eigenvalue weighted by Crippen LogP contribution is -2.51. The molecule has 0 saturated carbocycles. The summed E-state index contributed by atoms with van der Waals surface area (Å²) < 4.78 is 15.0. The highest BCUT2D eigenvalue weighted by Gasteiger charge is 2.50. The molecule has 100 valence electrons. The number of alkyl halides is 1. The predicted octanol–water partition coefficient (Wildman–Crippen LogP) is 2.77. The fourth-order valence-corrected chi connectivity index (χ4v) is 2.37. The molecule has 1 aliphatic heterocycles. The van der Waals surface area contributed by atoms with E-state index in [9.17, 15) is 14.0 Å². The standard InChI is InChI=1S/C16H12FNO2/c17-16(10-11-6-2-1-3-7-11)14(19)12-8-4-5-9-13(12)18-15(16)20/h1-9H,10H2,(H,18,20). The van der Waals surface area contributed by atoms with E-state index in [0.717, 1.165) is 0 Å². The number of carbonyl (C=O) groups is 2. The second kappa shape index (κ2) is 4.56. The Kier molecular flexibility index (Phi) is 2.86. The van der Waals surface area contributed by atoms with Gasteiger partial charge in [-0.2, -0.15) is 0 Å². The van der Waals surface area contributed by atoms with Crippen LogP contribution in [0.4, 0.5) is 10.1 Å². The maximum atomic E-state index is 15.0. The lowest BCUT2D eigenvalue weighted by Gasteiger charge is -2.28. The first-order valence-corrected chi connectivity index (χ1v) is 6.29. The van der Waals surface area contributed by atoms with Gasteiger partial charge in [-0.15, -0.1) is 0 Å². The van der Waals surface area contributed by atoms with Gasteiger partial charge in [-0.3, -0.25) is 9.59 Å². The van der Waals surface area contributed by atoms with E-state index in [2.05, 4.69) is 5.32 Å². The number of para-hydroxylation sites is 1. The Hall–Kier alpha value is -2.49. The quantitative estimate of drug-likeness (QED) is 0.852. The lowest BCUT2D eigenvalue weighted by atomic mass is 9.84. The Bertz CT molecular complexity index is 684. The zero-order valence-electron chi connectivity index (χ0n) is 10.6. The number of benzene rings is 2. The van der Waals surface area contributed by atoms with Gasteiger partial charge in [-0.1, -0.05) is 42.5 Å². The number of rotatable bonds is 2. The average molecular weight is 269 g/mol. The highest BCUT2D eigenvalue weighted by atomic mass is 19.1. The molecular formula is C16H12FNO2. The molecule has 0 saturated heterocycles. The summed E-state index contributed by atoms with van der Waals surface area (Å²) in [5.74, 6) is -1.68. The fraction of sp³-hybridized carbons (Fsp3) is 0.125. The number of halogens is 1. The normalized spacial score (nSPS) is 21.2.